The summed E-state index contributed by atoms with van der Waals surface area (Å²) in [5, 5.41) is 13.8. The van der Waals surface area contributed by atoms with E-state index >= 15 is 0 Å². The van der Waals surface area contributed by atoms with Gasteiger partial charge < -0.3 is 34.4 Å². The number of likely N-dealkylation sites (tertiary alicyclic amines) is 1. The van der Waals surface area contributed by atoms with Crippen molar-refractivity contribution >= 4 is 41.0 Å². The summed E-state index contributed by atoms with van der Waals surface area (Å²) in [6.07, 6.45) is 6.09. The number of carbonyl (C=O) groups is 4. The SMILES string of the molecule is CC[C@@H](CO)N1C(=O)[C@H]2[C@@H]3C(=O)O[C@H](c4ccccc4)[C@@H](COC)NC(=O)CC/C=C\CN(c4ccccc4Cl)C(=O)[C@H]1[C@@]21C=C[C@@H]3O1. The molecule has 2 aromatic rings. The fourth-order valence-electron chi connectivity index (χ4n) is 7.49. The molecule has 0 saturated carbocycles. The van der Waals surface area contributed by atoms with Gasteiger partial charge in [-0.15, -0.1) is 0 Å². The van der Waals surface area contributed by atoms with Gasteiger partial charge >= 0.3 is 5.97 Å². The van der Waals surface area contributed by atoms with Gasteiger partial charge in [-0.25, -0.2) is 0 Å². The summed E-state index contributed by atoms with van der Waals surface area (Å²) in [6, 6.07) is 13.3. The Kier molecular flexibility index (Phi) is 10.0. The maximum Gasteiger partial charge on any atom is 0.313 e. The highest BCUT2D eigenvalue weighted by atomic mass is 35.5. The predicted molar refractivity (Wildman–Crippen MR) is 177 cm³/mol. The second-order valence-electron chi connectivity index (χ2n) is 12.5. The van der Waals surface area contributed by atoms with E-state index < -0.39 is 72.2 Å². The Hall–Kier alpha value is -4.03. The number of nitrogens with one attached hydrogen (secondary N) is 1. The van der Waals surface area contributed by atoms with E-state index in [1.807, 2.05) is 19.1 Å². The van der Waals surface area contributed by atoms with Gasteiger partial charge in [-0.1, -0.05) is 85.3 Å². The minimum Gasteiger partial charge on any atom is -0.455 e. The number of allylic oxidation sites excluding steroid dienone is 1. The fourth-order valence-corrected chi connectivity index (χ4v) is 7.73. The number of cyclic esters (lactones) is 1. The van der Waals surface area contributed by atoms with Gasteiger partial charge in [0, 0.05) is 20.1 Å². The molecule has 11 nitrogen and oxygen atoms in total. The predicted octanol–water partition coefficient (Wildman–Crippen LogP) is 3.36. The van der Waals surface area contributed by atoms with E-state index in [4.69, 9.17) is 25.8 Å². The first-order chi connectivity index (χ1) is 23.2. The quantitative estimate of drug-likeness (QED) is 0.337. The van der Waals surface area contributed by atoms with Crippen molar-refractivity contribution in [1.82, 2.24) is 10.2 Å². The average Bonchev–Trinajstić information content (AvgIpc) is 3.73. The molecule has 2 N–H and O–H groups in total. The summed E-state index contributed by atoms with van der Waals surface area (Å²) >= 11 is 6.63. The second kappa shape index (κ2) is 14.2. The van der Waals surface area contributed by atoms with Gasteiger partial charge in [0.2, 0.25) is 11.8 Å². The van der Waals surface area contributed by atoms with Gasteiger partial charge in [0.15, 0.2) is 0 Å². The Bertz CT molecular complexity index is 1600. The number of esters is 1. The number of fused-ring (bicyclic) bond motifs is 2. The van der Waals surface area contributed by atoms with Crippen LogP contribution in [-0.4, -0.2) is 90.4 Å². The molecule has 5 bridgehead atoms. The van der Waals surface area contributed by atoms with Crippen LogP contribution in [0.4, 0.5) is 5.69 Å². The van der Waals surface area contributed by atoms with Crippen LogP contribution < -0.4 is 10.2 Å². The molecule has 254 valence electrons. The van der Waals surface area contributed by atoms with Gasteiger partial charge in [-0.3, -0.25) is 19.2 Å². The monoisotopic (exact) mass is 677 g/mol. The molecule has 8 atom stereocenters. The molecule has 2 fully saturated rings. The Morgan fingerprint density at radius 1 is 1.06 bits per heavy atom. The Balaban J connectivity index is 1.48. The van der Waals surface area contributed by atoms with Crippen LogP contribution >= 0.6 is 11.6 Å². The third kappa shape index (κ3) is 5.93. The zero-order chi connectivity index (χ0) is 34.0. The summed E-state index contributed by atoms with van der Waals surface area (Å²) in [7, 11) is 1.50. The van der Waals surface area contributed by atoms with E-state index in [9.17, 15) is 24.3 Å². The molecule has 0 aliphatic carbocycles. The highest BCUT2D eigenvalue weighted by Crippen LogP contribution is 2.56. The number of para-hydroxylation sites is 1. The first kappa shape index (κ1) is 33.9. The number of hydrogen-bond acceptors (Lipinski definition) is 8. The Morgan fingerprint density at radius 2 is 1.81 bits per heavy atom. The lowest BCUT2D eigenvalue weighted by Crippen LogP contribution is -2.58. The zero-order valence-electron chi connectivity index (χ0n) is 26.9. The number of anilines is 1. The lowest BCUT2D eigenvalue weighted by atomic mass is 9.74. The molecule has 3 amide bonds. The number of halogens is 1. The number of methoxy groups -OCH3 is 1. The number of aliphatic hydroxyl groups excluding tert-OH is 1. The van der Waals surface area contributed by atoms with E-state index in [1.54, 1.807) is 66.8 Å². The summed E-state index contributed by atoms with van der Waals surface area (Å²) < 4.78 is 18.2. The molecule has 4 aliphatic heterocycles. The number of rotatable bonds is 7. The van der Waals surface area contributed by atoms with Crippen LogP contribution in [0, 0.1) is 11.8 Å². The minimum atomic E-state index is -1.50. The van der Waals surface area contributed by atoms with Crippen molar-refractivity contribution in [3.63, 3.8) is 0 Å². The second-order valence-corrected chi connectivity index (χ2v) is 12.9. The molecule has 4 aliphatic rings. The summed E-state index contributed by atoms with van der Waals surface area (Å²) in [5.41, 5.74) is -0.436. The first-order valence-corrected chi connectivity index (χ1v) is 16.7. The molecule has 6 rings (SSSR count). The molecular weight excluding hydrogens is 638 g/mol. The summed E-state index contributed by atoms with van der Waals surface area (Å²) in [6.45, 7) is 1.57. The lowest BCUT2D eigenvalue weighted by Gasteiger charge is -2.38. The molecular formula is C36H40ClN3O8. The van der Waals surface area contributed by atoms with Crippen LogP contribution in [0.15, 0.2) is 78.9 Å². The number of hydrogen-bond donors (Lipinski definition) is 2. The maximum atomic E-state index is 14.9. The smallest absolute Gasteiger partial charge is 0.313 e. The van der Waals surface area contributed by atoms with Crippen molar-refractivity contribution in [3.05, 3.63) is 89.5 Å². The van der Waals surface area contributed by atoms with Crippen LogP contribution in [0.3, 0.4) is 0 Å². The third-order valence-electron chi connectivity index (χ3n) is 9.72. The molecule has 12 heteroatoms. The molecule has 0 radical (unpaired) electrons. The van der Waals surface area contributed by atoms with Crippen molar-refractivity contribution in [2.24, 2.45) is 11.8 Å². The van der Waals surface area contributed by atoms with Crippen LogP contribution in [0.5, 0.6) is 0 Å². The summed E-state index contributed by atoms with van der Waals surface area (Å²) in [4.78, 5) is 59.9. The Labute approximate surface area is 284 Å². The summed E-state index contributed by atoms with van der Waals surface area (Å²) in [5.74, 6) is -4.11. The first-order valence-electron chi connectivity index (χ1n) is 16.3. The lowest BCUT2D eigenvalue weighted by molar-refractivity contribution is -0.162. The average molecular weight is 678 g/mol. The number of benzene rings is 2. The van der Waals surface area contributed by atoms with E-state index in [2.05, 4.69) is 5.32 Å². The molecule has 1 spiro atoms. The van der Waals surface area contributed by atoms with Gasteiger partial charge in [0.1, 0.15) is 23.7 Å². The van der Waals surface area contributed by atoms with Crippen LogP contribution in [0.25, 0.3) is 0 Å². The van der Waals surface area contributed by atoms with Crippen molar-refractivity contribution in [2.75, 3.05) is 31.8 Å². The third-order valence-corrected chi connectivity index (χ3v) is 10.0. The number of amides is 3. The van der Waals surface area contributed by atoms with Gasteiger partial charge in [0.25, 0.3) is 5.91 Å². The molecule has 48 heavy (non-hydrogen) atoms. The van der Waals surface area contributed by atoms with Gasteiger partial charge in [-0.05, 0) is 30.5 Å². The number of nitrogens with zero attached hydrogens (tertiary/aromatic N) is 2. The van der Waals surface area contributed by atoms with Crippen LogP contribution in [0.2, 0.25) is 5.02 Å². The number of carbonyl (C=O) groups excluding carboxylic acids is 4. The minimum absolute atomic E-state index is 0.0526. The maximum absolute atomic E-state index is 14.9. The largest absolute Gasteiger partial charge is 0.455 e. The van der Waals surface area contributed by atoms with Crippen molar-refractivity contribution in [2.45, 2.75) is 62.1 Å². The van der Waals surface area contributed by atoms with Crippen molar-refractivity contribution < 1.29 is 38.5 Å². The standard InChI is InChI=1S/C36H40ClN3O8/c1-3-23(20-41)40-32-34(44)39(26-15-10-9-14-24(26)37)19-11-5-8-16-28(42)38-25(21-46-2)31(22-12-6-4-7-13-22)47-35(45)29-27-17-18-36(32,48-27)30(29)33(40)43/h4-7,9-15,17-18,23,25,27,29-32,41H,3,8,16,19-21H2,1-2H3,(H,38,42)/b11-5-/t23-,25+,27-,29+,30+,31+,32-,36+/m0/s1. The van der Waals surface area contributed by atoms with E-state index in [1.165, 1.54) is 16.9 Å². The molecule has 0 aromatic heterocycles. The fraction of sp³-hybridized carbons (Fsp3) is 0.444. The number of ether oxygens (including phenoxy) is 3. The normalized spacial score (nSPS) is 31.8. The molecule has 2 aromatic carbocycles. The van der Waals surface area contributed by atoms with Crippen LogP contribution in [-0.2, 0) is 33.4 Å². The van der Waals surface area contributed by atoms with E-state index in [0.29, 0.717) is 29.1 Å². The highest BCUT2D eigenvalue weighted by molar-refractivity contribution is 6.34. The van der Waals surface area contributed by atoms with E-state index in [0.717, 1.165) is 0 Å². The zero-order valence-corrected chi connectivity index (χ0v) is 27.6. The van der Waals surface area contributed by atoms with Crippen molar-refractivity contribution in [3.8, 4) is 0 Å². The Morgan fingerprint density at radius 3 is 2.52 bits per heavy atom. The van der Waals surface area contributed by atoms with Gasteiger partial charge in [0.05, 0.1) is 48.0 Å². The number of aliphatic hydroxyl groups is 1. The van der Waals surface area contributed by atoms with Crippen LogP contribution in [0.1, 0.15) is 37.9 Å². The van der Waals surface area contributed by atoms with Gasteiger partial charge in [-0.2, -0.15) is 0 Å². The molecule has 2 saturated heterocycles. The molecule has 4 heterocycles. The highest BCUT2D eigenvalue weighted by Gasteiger charge is 2.74. The van der Waals surface area contributed by atoms with E-state index in [-0.39, 0.29) is 25.5 Å². The molecule has 0 unspecified atom stereocenters. The topological polar surface area (TPSA) is 135 Å². The van der Waals surface area contributed by atoms with Crippen molar-refractivity contribution in [1.29, 1.82) is 0 Å².